The van der Waals surface area contributed by atoms with Crippen LogP contribution in [0.15, 0.2) is 42.5 Å². The summed E-state index contributed by atoms with van der Waals surface area (Å²) in [6.07, 6.45) is 0.827. The lowest BCUT2D eigenvalue weighted by Gasteiger charge is -2.29. The van der Waals surface area contributed by atoms with E-state index in [1.54, 1.807) is 17.9 Å². The predicted octanol–water partition coefficient (Wildman–Crippen LogP) is 3.60. The van der Waals surface area contributed by atoms with Gasteiger partial charge in [-0.25, -0.2) is 0 Å². The molecule has 3 rings (SSSR count). The second kappa shape index (κ2) is 10.3. The molecular formula is C23H27ClN2O4. The van der Waals surface area contributed by atoms with Gasteiger partial charge in [0.2, 0.25) is 11.8 Å². The number of fused-ring (bicyclic) bond motifs is 1. The van der Waals surface area contributed by atoms with Crippen LogP contribution in [-0.2, 0) is 22.6 Å². The smallest absolute Gasteiger partial charge is 0.242 e. The third kappa shape index (κ3) is 5.66. The van der Waals surface area contributed by atoms with Gasteiger partial charge in [0.1, 0.15) is 19.3 Å². The fourth-order valence-electron chi connectivity index (χ4n) is 3.37. The molecule has 7 heteroatoms. The largest absolute Gasteiger partial charge is 0.486 e. The maximum atomic E-state index is 13.1. The molecule has 0 fully saturated rings. The van der Waals surface area contributed by atoms with E-state index < -0.39 is 6.04 Å². The Morgan fingerprint density at radius 3 is 2.60 bits per heavy atom. The molecule has 0 unspecified atom stereocenters. The zero-order chi connectivity index (χ0) is 21.5. The Balaban J connectivity index is 1.71. The highest BCUT2D eigenvalue weighted by molar-refractivity contribution is 6.30. The molecule has 0 aromatic heterocycles. The Kier molecular flexibility index (Phi) is 7.57. The van der Waals surface area contributed by atoms with Gasteiger partial charge in [-0.1, -0.05) is 29.8 Å². The summed E-state index contributed by atoms with van der Waals surface area (Å²) in [6.45, 7) is 5.50. The highest BCUT2D eigenvalue weighted by Crippen LogP contribution is 2.31. The van der Waals surface area contributed by atoms with E-state index in [1.807, 2.05) is 43.3 Å². The molecule has 1 atom stereocenters. The lowest BCUT2D eigenvalue weighted by Crippen LogP contribution is -2.47. The monoisotopic (exact) mass is 430 g/mol. The summed E-state index contributed by atoms with van der Waals surface area (Å²) < 4.78 is 11.2. The molecule has 160 valence electrons. The summed E-state index contributed by atoms with van der Waals surface area (Å²) >= 11 is 6.09. The molecule has 1 aliphatic rings. The fraction of sp³-hybridized carbons (Fsp3) is 0.391. The number of ether oxygens (including phenoxy) is 2. The van der Waals surface area contributed by atoms with Crippen LogP contribution in [0.3, 0.4) is 0 Å². The van der Waals surface area contributed by atoms with Gasteiger partial charge in [0.05, 0.1) is 0 Å². The molecule has 0 saturated carbocycles. The number of carbonyl (C=O) groups is 2. The quantitative estimate of drug-likeness (QED) is 0.694. The SMILES string of the molecule is CCNC(=O)[C@H](C)N(Cc1cccc(Cl)c1)C(=O)CCc1ccc2c(c1)OCCO2. The van der Waals surface area contributed by atoms with Crippen LogP contribution in [-0.4, -0.2) is 42.5 Å². The summed E-state index contributed by atoms with van der Waals surface area (Å²) in [7, 11) is 0. The van der Waals surface area contributed by atoms with E-state index in [2.05, 4.69) is 5.32 Å². The minimum absolute atomic E-state index is 0.0939. The Morgan fingerprint density at radius 2 is 1.87 bits per heavy atom. The summed E-state index contributed by atoms with van der Waals surface area (Å²) in [4.78, 5) is 27.1. The molecule has 1 heterocycles. The molecule has 2 amide bonds. The zero-order valence-corrected chi connectivity index (χ0v) is 18.1. The molecule has 0 saturated heterocycles. The molecule has 2 aromatic carbocycles. The topological polar surface area (TPSA) is 67.9 Å². The summed E-state index contributed by atoms with van der Waals surface area (Å²) in [5.74, 6) is 1.16. The number of hydrogen-bond donors (Lipinski definition) is 1. The first-order valence-electron chi connectivity index (χ1n) is 10.2. The molecule has 2 aromatic rings. The van der Waals surface area contributed by atoms with Gasteiger partial charge in [-0.05, 0) is 55.7 Å². The summed E-state index contributed by atoms with van der Waals surface area (Å²) in [5, 5.41) is 3.40. The molecule has 0 spiro atoms. The van der Waals surface area contributed by atoms with Crippen LogP contribution in [0, 0.1) is 0 Å². The first kappa shape index (κ1) is 22.0. The van der Waals surface area contributed by atoms with Crippen LogP contribution in [0.25, 0.3) is 0 Å². The van der Waals surface area contributed by atoms with Crippen molar-refractivity contribution in [3.05, 3.63) is 58.6 Å². The number of rotatable bonds is 8. The number of likely N-dealkylation sites (N-methyl/N-ethyl adjacent to an activating group) is 1. The highest BCUT2D eigenvalue weighted by Gasteiger charge is 2.25. The average molecular weight is 431 g/mol. The molecule has 1 N–H and O–H groups in total. The standard InChI is InChI=1S/C23H27ClN2O4/c1-3-25-23(28)16(2)26(15-18-5-4-6-19(24)13-18)22(27)10-8-17-7-9-20-21(14-17)30-12-11-29-20/h4-7,9,13-14,16H,3,8,10-12,15H2,1-2H3,(H,25,28)/t16-/m0/s1. The number of aryl methyl sites for hydroxylation is 1. The van der Waals surface area contributed by atoms with Gasteiger partial charge in [-0.3, -0.25) is 9.59 Å². The Labute approximate surface area is 182 Å². The molecule has 6 nitrogen and oxygen atoms in total. The Bertz CT molecular complexity index is 903. The Hall–Kier alpha value is -2.73. The number of nitrogens with one attached hydrogen (secondary N) is 1. The maximum absolute atomic E-state index is 13.1. The van der Waals surface area contributed by atoms with Crippen molar-refractivity contribution in [1.29, 1.82) is 0 Å². The van der Waals surface area contributed by atoms with Crippen molar-refractivity contribution in [2.45, 2.75) is 39.3 Å². The Morgan fingerprint density at radius 1 is 1.10 bits per heavy atom. The summed E-state index contributed by atoms with van der Waals surface area (Å²) in [6, 6.07) is 12.5. The summed E-state index contributed by atoms with van der Waals surface area (Å²) in [5.41, 5.74) is 1.87. The van der Waals surface area contributed by atoms with Crippen molar-refractivity contribution in [2.24, 2.45) is 0 Å². The minimum Gasteiger partial charge on any atom is -0.486 e. The van der Waals surface area contributed by atoms with E-state index >= 15 is 0 Å². The second-order valence-electron chi connectivity index (χ2n) is 7.20. The van der Waals surface area contributed by atoms with Crippen LogP contribution in [0.4, 0.5) is 0 Å². The van der Waals surface area contributed by atoms with Crippen molar-refractivity contribution in [1.82, 2.24) is 10.2 Å². The van der Waals surface area contributed by atoms with Gasteiger partial charge in [0, 0.05) is 24.5 Å². The predicted molar refractivity (Wildman–Crippen MR) is 116 cm³/mol. The minimum atomic E-state index is -0.586. The third-order valence-electron chi connectivity index (χ3n) is 4.99. The highest BCUT2D eigenvalue weighted by atomic mass is 35.5. The van der Waals surface area contributed by atoms with Crippen LogP contribution in [0.1, 0.15) is 31.4 Å². The molecule has 0 radical (unpaired) electrons. The number of benzene rings is 2. The van der Waals surface area contributed by atoms with Gasteiger partial charge in [-0.15, -0.1) is 0 Å². The van der Waals surface area contributed by atoms with Crippen molar-refractivity contribution in [2.75, 3.05) is 19.8 Å². The van der Waals surface area contributed by atoms with E-state index in [4.69, 9.17) is 21.1 Å². The molecule has 0 bridgehead atoms. The van der Waals surface area contributed by atoms with Crippen LogP contribution < -0.4 is 14.8 Å². The van der Waals surface area contributed by atoms with Gasteiger partial charge in [0.25, 0.3) is 0 Å². The first-order valence-corrected chi connectivity index (χ1v) is 10.6. The van der Waals surface area contributed by atoms with Gasteiger partial charge in [0.15, 0.2) is 11.5 Å². The van der Waals surface area contributed by atoms with E-state index in [0.29, 0.717) is 43.5 Å². The molecular weight excluding hydrogens is 404 g/mol. The van der Waals surface area contributed by atoms with E-state index in [9.17, 15) is 9.59 Å². The maximum Gasteiger partial charge on any atom is 0.242 e. The van der Waals surface area contributed by atoms with Crippen LogP contribution >= 0.6 is 11.6 Å². The number of carbonyl (C=O) groups excluding carboxylic acids is 2. The van der Waals surface area contributed by atoms with Crippen molar-refractivity contribution >= 4 is 23.4 Å². The van der Waals surface area contributed by atoms with E-state index in [0.717, 1.165) is 16.9 Å². The average Bonchev–Trinajstić information content (AvgIpc) is 2.75. The van der Waals surface area contributed by atoms with Crippen molar-refractivity contribution < 1.29 is 19.1 Å². The lowest BCUT2D eigenvalue weighted by molar-refractivity contribution is -0.140. The zero-order valence-electron chi connectivity index (χ0n) is 17.3. The van der Waals surface area contributed by atoms with Gasteiger partial charge >= 0.3 is 0 Å². The number of nitrogens with zero attached hydrogens (tertiary/aromatic N) is 1. The number of halogens is 1. The van der Waals surface area contributed by atoms with E-state index in [1.165, 1.54) is 0 Å². The number of hydrogen-bond acceptors (Lipinski definition) is 4. The molecule has 0 aliphatic carbocycles. The van der Waals surface area contributed by atoms with Gasteiger partial charge < -0.3 is 19.7 Å². The molecule has 1 aliphatic heterocycles. The number of amides is 2. The van der Waals surface area contributed by atoms with Crippen molar-refractivity contribution in [3.63, 3.8) is 0 Å². The lowest BCUT2D eigenvalue weighted by atomic mass is 10.1. The normalized spacial score (nSPS) is 13.4. The second-order valence-corrected chi connectivity index (χ2v) is 7.64. The van der Waals surface area contributed by atoms with Crippen LogP contribution in [0.2, 0.25) is 5.02 Å². The van der Waals surface area contributed by atoms with Crippen LogP contribution in [0.5, 0.6) is 11.5 Å². The first-order chi connectivity index (χ1) is 14.5. The van der Waals surface area contributed by atoms with Gasteiger partial charge in [-0.2, -0.15) is 0 Å². The van der Waals surface area contributed by atoms with E-state index in [-0.39, 0.29) is 18.2 Å². The fourth-order valence-corrected chi connectivity index (χ4v) is 3.59. The van der Waals surface area contributed by atoms with Crippen molar-refractivity contribution in [3.8, 4) is 11.5 Å². The third-order valence-corrected chi connectivity index (χ3v) is 5.23. The molecule has 30 heavy (non-hydrogen) atoms.